The highest BCUT2D eigenvalue weighted by molar-refractivity contribution is 5.87. The van der Waals surface area contributed by atoms with Gasteiger partial charge in [-0.05, 0) is 5.92 Å². The summed E-state index contributed by atoms with van der Waals surface area (Å²) in [6.07, 6.45) is 1.09. The predicted octanol–water partition coefficient (Wildman–Crippen LogP) is -0.0143. The van der Waals surface area contributed by atoms with E-state index in [4.69, 9.17) is 5.11 Å². The van der Waals surface area contributed by atoms with Crippen LogP contribution in [-0.4, -0.2) is 23.0 Å². The zero-order valence-corrected chi connectivity index (χ0v) is 6.33. The Morgan fingerprint density at radius 3 is 2.82 bits per heavy atom. The van der Waals surface area contributed by atoms with Gasteiger partial charge in [0, 0.05) is 6.42 Å². The van der Waals surface area contributed by atoms with Gasteiger partial charge in [0.05, 0.1) is 0 Å². The second-order valence-corrected chi connectivity index (χ2v) is 2.76. The van der Waals surface area contributed by atoms with E-state index in [1.165, 1.54) is 0 Å². The minimum atomic E-state index is -0.928. The number of hydrogen-bond donors (Lipinski definition) is 2. The van der Waals surface area contributed by atoms with Crippen LogP contribution in [0.1, 0.15) is 19.8 Å². The van der Waals surface area contributed by atoms with E-state index in [1.54, 1.807) is 0 Å². The van der Waals surface area contributed by atoms with Gasteiger partial charge >= 0.3 is 5.97 Å². The molecule has 0 aromatic heterocycles. The number of nitrogens with one attached hydrogen (secondary N) is 1. The van der Waals surface area contributed by atoms with Crippen molar-refractivity contribution < 1.29 is 14.7 Å². The summed E-state index contributed by atoms with van der Waals surface area (Å²) in [6.45, 7) is 1.89. The highest BCUT2D eigenvalue weighted by atomic mass is 16.4. The highest BCUT2D eigenvalue weighted by Gasteiger charge is 2.35. The fourth-order valence-corrected chi connectivity index (χ4v) is 1.35. The minimum Gasteiger partial charge on any atom is -0.480 e. The van der Waals surface area contributed by atoms with Crippen molar-refractivity contribution in [3.63, 3.8) is 0 Å². The van der Waals surface area contributed by atoms with E-state index < -0.39 is 12.0 Å². The van der Waals surface area contributed by atoms with Crippen molar-refractivity contribution in [3.8, 4) is 0 Å². The van der Waals surface area contributed by atoms with Crippen LogP contribution in [0.25, 0.3) is 0 Å². The standard InChI is InChI=1S/C7H11NO3/c1-2-4-3-5(9)8-6(4)7(10)11/h4,6H,2-3H2,1H3,(H,8,9)(H,10,11)/t4-,6-/m0/s1. The minimum absolute atomic E-state index is 0.0278. The maximum Gasteiger partial charge on any atom is 0.326 e. The van der Waals surface area contributed by atoms with E-state index in [0.29, 0.717) is 6.42 Å². The van der Waals surface area contributed by atoms with Gasteiger partial charge in [0.15, 0.2) is 0 Å². The molecule has 1 aliphatic rings. The number of rotatable bonds is 2. The molecule has 2 atom stereocenters. The second-order valence-electron chi connectivity index (χ2n) is 2.76. The van der Waals surface area contributed by atoms with Gasteiger partial charge in [-0.25, -0.2) is 4.79 Å². The largest absolute Gasteiger partial charge is 0.480 e. The molecule has 0 aromatic carbocycles. The van der Waals surface area contributed by atoms with Gasteiger partial charge in [0.25, 0.3) is 0 Å². The van der Waals surface area contributed by atoms with Gasteiger partial charge in [-0.15, -0.1) is 0 Å². The molecule has 4 heteroatoms. The van der Waals surface area contributed by atoms with Gasteiger partial charge in [0.2, 0.25) is 5.91 Å². The third kappa shape index (κ3) is 1.50. The number of aliphatic carboxylic acids is 1. The molecule has 0 unspecified atom stereocenters. The lowest BCUT2D eigenvalue weighted by atomic mass is 9.98. The molecule has 0 saturated carbocycles. The highest BCUT2D eigenvalue weighted by Crippen LogP contribution is 2.19. The van der Waals surface area contributed by atoms with Crippen molar-refractivity contribution in [1.82, 2.24) is 5.32 Å². The Morgan fingerprint density at radius 2 is 2.45 bits per heavy atom. The molecule has 0 aromatic rings. The van der Waals surface area contributed by atoms with Gasteiger partial charge in [-0.3, -0.25) is 4.79 Å². The first-order valence-electron chi connectivity index (χ1n) is 3.67. The zero-order valence-electron chi connectivity index (χ0n) is 6.33. The van der Waals surface area contributed by atoms with Gasteiger partial charge < -0.3 is 10.4 Å². The summed E-state index contributed by atoms with van der Waals surface area (Å²) < 4.78 is 0. The zero-order chi connectivity index (χ0) is 8.43. The third-order valence-electron chi connectivity index (χ3n) is 2.03. The molecular formula is C7H11NO3. The molecule has 0 aliphatic carbocycles. The third-order valence-corrected chi connectivity index (χ3v) is 2.03. The maximum atomic E-state index is 10.8. The number of hydrogen-bond acceptors (Lipinski definition) is 2. The second kappa shape index (κ2) is 2.90. The molecule has 1 fully saturated rings. The smallest absolute Gasteiger partial charge is 0.326 e. The van der Waals surface area contributed by atoms with Crippen LogP contribution < -0.4 is 5.32 Å². The molecule has 1 rings (SSSR count). The Balaban J connectivity index is 2.64. The number of carboxylic acid groups (broad SMARTS) is 1. The Labute approximate surface area is 64.6 Å². The molecule has 4 nitrogen and oxygen atoms in total. The molecule has 1 amide bonds. The lowest BCUT2D eigenvalue weighted by Crippen LogP contribution is -2.36. The van der Waals surface area contributed by atoms with Crippen molar-refractivity contribution in [2.45, 2.75) is 25.8 Å². The Bertz CT molecular complexity index is 190. The van der Waals surface area contributed by atoms with Crippen molar-refractivity contribution in [1.29, 1.82) is 0 Å². The molecular weight excluding hydrogens is 146 g/mol. The number of carbonyl (C=O) groups is 2. The first kappa shape index (κ1) is 8.04. The van der Waals surface area contributed by atoms with E-state index in [2.05, 4.69) is 5.32 Å². The molecule has 62 valence electrons. The Kier molecular flexibility index (Phi) is 2.12. The topological polar surface area (TPSA) is 66.4 Å². The molecule has 11 heavy (non-hydrogen) atoms. The first-order valence-corrected chi connectivity index (χ1v) is 3.67. The summed E-state index contributed by atoms with van der Waals surface area (Å²) >= 11 is 0. The molecule has 1 aliphatic heterocycles. The van der Waals surface area contributed by atoms with Gasteiger partial charge in [-0.1, -0.05) is 13.3 Å². The van der Waals surface area contributed by atoms with Crippen LogP contribution >= 0.6 is 0 Å². The average molecular weight is 157 g/mol. The van der Waals surface area contributed by atoms with Crippen LogP contribution in [-0.2, 0) is 9.59 Å². The van der Waals surface area contributed by atoms with Crippen LogP contribution in [0.3, 0.4) is 0 Å². The maximum absolute atomic E-state index is 10.8. The summed E-state index contributed by atoms with van der Waals surface area (Å²) in [7, 11) is 0. The van der Waals surface area contributed by atoms with E-state index in [-0.39, 0.29) is 11.8 Å². The van der Waals surface area contributed by atoms with Crippen LogP contribution in [0.2, 0.25) is 0 Å². The molecule has 1 heterocycles. The number of carboxylic acids is 1. The van der Waals surface area contributed by atoms with Crippen molar-refractivity contribution in [2.75, 3.05) is 0 Å². The first-order chi connectivity index (χ1) is 5.15. The van der Waals surface area contributed by atoms with E-state index in [9.17, 15) is 9.59 Å². The monoisotopic (exact) mass is 157 g/mol. The quantitative estimate of drug-likeness (QED) is 0.592. The van der Waals surface area contributed by atoms with Crippen molar-refractivity contribution in [3.05, 3.63) is 0 Å². The van der Waals surface area contributed by atoms with E-state index in [0.717, 1.165) is 6.42 Å². The molecule has 0 spiro atoms. The number of carbonyl (C=O) groups excluding carboxylic acids is 1. The van der Waals surface area contributed by atoms with E-state index in [1.807, 2.05) is 6.92 Å². The normalized spacial score (nSPS) is 30.1. The van der Waals surface area contributed by atoms with Gasteiger partial charge in [0.1, 0.15) is 6.04 Å². The van der Waals surface area contributed by atoms with Gasteiger partial charge in [-0.2, -0.15) is 0 Å². The molecule has 0 bridgehead atoms. The average Bonchev–Trinajstić information content (AvgIpc) is 2.30. The predicted molar refractivity (Wildman–Crippen MR) is 38.0 cm³/mol. The Hall–Kier alpha value is -1.06. The Morgan fingerprint density at radius 1 is 1.82 bits per heavy atom. The summed E-state index contributed by atoms with van der Waals surface area (Å²) in [5.41, 5.74) is 0. The summed E-state index contributed by atoms with van der Waals surface area (Å²) in [5.74, 6) is -1.10. The van der Waals surface area contributed by atoms with Crippen LogP contribution in [0.5, 0.6) is 0 Å². The van der Waals surface area contributed by atoms with Crippen molar-refractivity contribution in [2.24, 2.45) is 5.92 Å². The van der Waals surface area contributed by atoms with Crippen LogP contribution in [0.4, 0.5) is 0 Å². The fourth-order valence-electron chi connectivity index (χ4n) is 1.35. The molecule has 1 saturated heterocycles. The van der Waals surface area contributed by atoms with E-state index >= 15 is 0 Å². The van der Waals surface area contributed by atoms with Crippen molar-refractivity contribution >= 4 is 11.9 Å². The fraction of sp³-hybridized carbons (Fsp3) is 0.714. The SMILES string of the molecule is CC[C@H]1CC(=O)N[C@@H]1C(=O)O. The summed E-state index contributed by atoms with van der Waals surface area (Å²) in [5, 5.41) is 11.0. The lowest BCUT2D eigenvalue weighted by molar-refractivity contribution is -0.140. The lowest BCUT2D eigenvalue weighted by Gasteiger charge is -2.10. The van der Waals surface area contributed by atoms with Crippen LogP contribution in [0, 0.1) is 5.92 Å². The molecule has 0 radical (unpaired) electrons. The number of amides is 1. The summed E-state index contributed by atoms with van der Waals surface area (Å²) in [6, 6.07) is -0.660. The van der Waals surface area contributed by atoms with Crippen LogP contribution in [0.15, 0.2) is 0 Å². The summed E-state index contributed by atoms with van der Waals surface area (Å²) in [4.78, 5) is 21.3. The molecule has 2 N–H and O–H groups in total.